The van der Waals surface area contributed by atoms with Crippen molar-refractivity contribution in [3.8, 4) is 0 Å². The van der Waals surface area contributed by atoms with Crippen molar-refractivity contribution in [2.75, 3.05) is 6.54 Å². The Bertz CT molecular complexity index is 120. The van der Waals surface area contributed by atoms with Crippen LogP contribution in [-0.4, -0.2) is 28.7 Å². The minimum atomic E-state index is -1.31. The molecule has 0 heterocycles. The van der Waals surface area contributed by atoms with Crippen LogP contribution in [0, 0.1) is 0 Å². The number of primary amides is 1. The Labute approximate surface area is 52.1 Å². The predicted molar refractivity (Wildman–Crippen MR) is 30.0 cm³/mol. The summed E-state index contributed by atoms with van der Waals surface area (Å²) < 4.78 is 0. The third-order valence-corrected chi connectivity index (χ3v) is 0.813. The van der Waals surface area contributed by atoms with E-state index in [1.165, 1.54) is 6.92 Å². The van der Waals surface area contributed by atoms with Crippen LogP contribution in [-0.2, 0) is 0 Å². The summed E-state index contributed by atoms with van der Waals surface area (Å²) in [4.78, 5) is 20.7. The molecule has 0 radical (unpaired) electrons. The Balaban J connectivity index is 3.99. The third-order valence-electron chi connectivity index (χ3n) is 0.813. The van der Waals surface area contributed by atoms with Crippen LogP contribution in [0.5, 0.6) is 0 Å². The zero-order valence-electron chi connectivity index (χ0n) is 5.00. The number of hydrogen-bond donors (Lipinski definition) is 2. The van der Waals surface area contributed by atoms with Gasteiger partial charge in [-0.3, -0.25) is 0 Å². The van der Waals surface area contributed by atoms with Crippen molar-refractivity contribution >= 4 is 12.1 Å². The van der Waals surface area contributed by atoms with Crippen LogP contribution in [0.1, 0.15) is 6.92 Å². The number of amides is 3. The number of carbonyl (C=O) groups is 2. The average molecular weight is 132 g/mol. The highest BCUT2D eigenvalue weighted by atomic mass is 16.4. The summed E-state index contributed by atoms with van der Waals surface area (Å²) in [7, 11) is 0. The minimum absolute atomic E-state index is 0.0880. The monoisotopic (exact) mass is 132 g/mol. The van der Waals surface area contributed by atoms with Crippen LogP contribution in [0.15, 0.2) is 0 Å². The van der Waals surface area contributed by atoms with Crippen molar-refractivity contribution in [3.63, 3.8) is 0 Å². The quantitative estimate of drug-likeness (QED) is 0.529. The van der Waals surface area contributed by atoms with E-state index in [4.69, 9.17) is 5.11 Å². The molecule has 9 heavy (non-hydrogen) atoms. The zero-order chi connectivity index (χ0) is 7.44. The van der Waals surface area contributed by atoms with E-state index in [2.05, 4.69) is 5.73 Å². The largest absolute Gasteiger partial charge is 0.465 e. The summed E-state index contributed by atoms with van der Waals surface area (Å²) in [6.45, 7) is 1.61. The first-order valence-corrected chi connectivity index (χ1v) is 2.39. The maximum atomic E-state index is 10.1. The molecule has 0 aromatic rings. The van der Waals surface area contributed by atoms with Gasteiger partial charge in [-0.1, -0.05) is 0 Å². The number of carbonyl (C=O) groups excluding carboxylic acids is 1. The number of urea groups is 1. The molecular formula is C4H8N2O3. The first-order chi connectivity index (χ1) is 4.09. The van der Waals surface area contributed by atoms with E-state index in [0.29, 0.717) is 4.90 Å². The first-order valence-electron chi connectivity index (χ1n) is 2.39. The summed E-state index contributed by atoms with van der Waals surface area (Å²) in [5.74, 6) is 0. The van der Waals surface area contributed by atoms with Gasteiger partial charge >= 0.3 is 12.1 Å². The van der Waals surface area contributed by atoms with Crippen LogP contribution in [0.25, 0.3) is 0 Å². The molecule has 0 saturated carbocycles. The van der Waals surface area contributed by atoms with Crippen LogP contribution in [0.2, 0.25) is 0 Å². The smallest absolute Gasteiger partial charge is 0.415 e. The van der Waals surface area contributed by atoms with Gasteiger partial charge in [0.25, 0.3) is 0 Å². The summed E-state index contributed by atoms with van der Waals surface area (Å²) in [6, 6.07) is -0.940. The fraction of sp³-hybridized carbons (Fsp3) is 0.500. The summed E-state index contributed by atoms with van der Waals surface area (Å²) in [5, 5.41) is 8.17. The van der Waals surface area contributed by atoms with E-state index in [9.17, 15) is 9.59 Å². The molecule has 52 valence electrons. The molecule has 0 unspecified atom stereocenters. The molecule has 3 N–H and O–H groups in total. The average Bonchev–Trinajstić information content (AvgIpc) is 1.64. The van der Waals surface area contributed by atoms with Crippen LogP contribution < -0.4 is 5.73 Å². The SMILES string of the molecule is CCN(C(N)=O)C(=O)O. The lowest BCUT2D eigenvalue weighted by Gasteiger charge is -2.09. The highest BCUT2D eigenvalue weighted by Crippen LogP contribution is 1.85. The van der Waals surface area contributed by atoms with Gasteiger partial charge in [0.1, 0.15) is 0 Å². The number of nitrogens with two attached hydrogens (primary N) is 1. The second-order valence-corrected chi connectivity index (χ2v) is 1.37. The number of carboxylic acid groups (broad SMARTS) is 1. The fourth-order valence-electron chi connectivity index (χ4n) is 0.385. The standard InChI is InChI=1S/C4H8N2O3/c1-2-6(3(5)7)4(8)9/h2H2,1H3,(H2,5,7)(H,8,9). The van der Waals surface area contributed by atoms with Crippen LogP contribution in [0.4, 0.5) is 9.59 Å². The van der Waals surface area contributed by atoms with E-state index >= 15 is 0 Å². The number of imide groups is 1. The van der Waals surface area contributed by atoms with E-state index < -0.39 is 12.1 Å². The topological polar surface area (TPSA) is 83.6 Å². The van der Waals surface area contributed by atoms with Gasteiger partial charge in [-0.05, 0) is 6.92 Å². The summed E-state index contributed by atoms with van der Waals surface area (Å²) in [5.41, 5.74) is 4.65. The lowest BCUT2D eigenvalue weighted by atomic mass is 10.6. The third kappa shape index (κ3) is 1.98. The molecule has 0 aromatic carbocycles. The molecule has 5 nitrogen and oxygen atoms in total. The van der Waals surface area contributed by atoms with Gasteiger partial charge in [0.15, 0.2) is 0 Å². The van der Waals surface area contributed by atoms with E-state index in [1.54, 1.807) is 0 Å². The molecule has 0 atom stereocenters. The summed E-state index contributed by atoms with van der Waals surface area (Å²) >= 11 is 0. The molecule has 0 aliphatic heterocycles. The highest BCUT2D eigenvalue weighted by molar-refractivity contribution is 5.88. The molecule has 0 aromatic heterocycles. The van der Waals surface area contributed by atoms with Gasteiger partial charge in [0.2, 0.25) is 0 Å². The maximum absolute atomic E-state index is 10.1. The van der Waals surface area contributed by atoms with E-state index in [1.807, 2.05) is 0 Å². The van der Waals surface area contributed by atoms with Crippen LogP contribution >= 0.6 is 0 Å². The second kappa shape index (κ2) is 2.91. The lowest BCUT2D eigenvalue weighted by Crippen LogP contribution is -2.39. The highest BCUT2D eigenvalue weighted by Gasteiger charge is 2.13. The van der Waals surface area contributed by atoms with Crippen molar-refractivity contribution in [2.24, 2.45) is 5.73 Å². The molecule has 0 spiro atoms. The molecule has 0 fully saturated rings. The fourth-order valence-corrected chi connectivity index (χ4v) is 0.385. The molecule has 0 rings (SSSR count). The van der Waals surface area contributed by atoms with E-state index in [-0.39, 0.29) is 6.54 Å². The number of rotatable bonds is 1. The molecular weight excluding hydrogens is 124 g/mol. The molecule has 0 aliphatic carbocycles. The zero-order valence-corrected chi connectivity index (χ0v) is 5.00. The Kier molecular flexibility index (Phi) is 2.50. The molecule has 5 heteroatoms. The number of hydrogen-bond acceptors (Lipinski definition) is 2. The van der Waals surface area contributed by atoms with Crippen molar-refractivity contribution in [3.05, 3.63) is 0 Å². The lowest BCUT2D eigenvalue weighted by molar-refractivity contribution is 0.153. The molecule has 0 saturated heterocycles. The molecule has 0 aliphatic rings. The van der Waals surface area contributed by atoms with Gasteiger partial charge in [-0.15, -0.1) is 0 Å². The summed E-state index contributed by atoms with van der Waals surface area (Å²) in [6.07, 6.45) is -1.31. The predicted octanol–water partition coefficient (Wildman–Crippen LogP) is 0.0650. The van der Waals surface area contributed by atoms with Gasteiger partial charge in [0, 0.05) is 6.54 Å². The second-order valence-electron chi connectivity index (χ2n) is 1.37. The van der Waals surface area contributed by atoms with Gasteiger partial charge in [-0.25, -0.2) is 14.5 Å². The van der Waals surface area contributed by atoms with Crippen molar-refractivity contribution in [1.82, 2.24) is 4.90 Å². The van der Waals surface area contributed by atoms with Crippen molar-refractivity contribution in [2.45, 2.75) is 6.92 Å². The molecule has 3 amide bonds. The Hall–Kier alpha value is -1.26. The van der Waals surface area contributed by atoms with Crippen LogP contribution in [0.3, 0.4) is 0 Å². The number of nitrogens with zero attached hydrogens (tertiary/aromatic N) is 1. The first kappa shape index (κ1) is 7.74. The Morgan fingerprint density at radius 3 is 2.11 bits per heavy atom. The van der Waals surface area contributed by atoms with E-state index in [0.717, 1.165) is 0 Å². The maximum Gasteiger partial charge on any atom is 0.415 e. The normalized spacial score (nSPS) is 8.56. The van der Waals surface area contributed by atoms with Crippen molar-refractivity contribution < 1.29 is 14.7 Å². The van der Waals surface area contributed by atoms with Gasteiger partial charge in [0.05, 0.1) is 0 Å². The Morgan fingerprint density at radius 1 is 1.67 bits per heavy atom. The van der Waals surface area contributed by atoms with Gasteiger partial charge in [-0.2, -0.15) is 0 Å². The Morgan fingerprint density at radius 2 is 2.11 bits per heavy atom. The van der Waals surface area contributed by atoms with Gasteiger partial charge < -0.3 is 10.8 Å². The minimum Gasteiger partial charge on any atom is -0.465 e. The van der Waals surface area contributed by atoms with Crippen molar-refractivity contribution in [1.29, 1.82) is 0 Å². The molecule has 0 bridgehead atoms.